The van der Waals surface area contributed by atoms with Crippen LogP contribution < -0.4 is 0 Å². The highest BCUT2D eigenvalue weighted by Gasteiger charge is 2.10. The van der Waals surface area contributed by atoms with Crippen LogP contribution >= 0.6 is 25.3 Å². The summed E-state index contributed by atoms with van der Waals surface area (Å²) in [6, 6.07) is 13.7. The number of benzene rings is 2. The van der Waals surface area contributed by atoms with E-state index in [2.05, 4.69) is 34.7 Å². The van der Waals surface area contributed by atoms with Gasteiger partial charge in [0.15, 0.2) is 0 Å². The van der Waals surface area contributed by atoms with Crippen LogP contribution in [0.3, 0.4) is 0 Å². The number of carbonyl (C=O) groups is 2. The van der Waals surface area contributed by atoms with Crippen molar-refractivity contribution in [2.45, 2.75) is 0 Å². The molecule has 0 saturated carbocycles. The topological polar surface area (TPSA) is 52.6 Å². The van der Waals surface area contributed by atoms with Crippen molar-refractivity contribution in [2.75, 3.05) is 14.2 Å². The molecule has 0 heterocycles. The van der Waals surface area contributed by atoms with Crippen molar-refractivity contribution in [1.29, 1.82) is 0 Å². The van der Waals surface area contributed by atoms with Crippen LogP contribution in [-0.2, 0) is 9.47 Å². The molecule has 0 aromatic heterocycles. The summed E-state index contributed by atoms with van der Waals surface area (Å²) in [7, 11) is 2.67. The number of ether oxygens (including phenoxy) is 2. The zero-order chi connectivity index (χ0) is 17.7. The van der Waals surface area contributed by atoms with Gasteiger partial charge in [-0.3, -0.25) is 0 Å². The third kappa shape index (κ3) is 4.01. The molecule has 0 N–H and O–H groups in total. The summed E-state index contributed by atoms with van der Waals surface area (Å²) in [5.74, 6) is -0.786. The highest BCUT2D eigenvalue weighted by atomic mass is 32.1. The lowest BCUT2D eigenvalue weighted by molar-refractivity contribution is 0.0592. The first-order chi connectivity index (χ1) is 11.5. The first-order valence-corrected chi connectivity index (χ1v) is 7.87. The number of thiol groups is 2. The normalized spacial score (nSPS) is 11.5. The summed E-state index contributed by atoms with van der Waals surface area (Å²) >= 11 is 9.03. The molecular formula is C18H16O4S2. The monoisotopic (exact) mass is 360 g/mol. The molecule has 0 spiro atoms. The van der Waals surface area contributed by atoms with Gasteiger partial charge in [0.05, 0.1) is 25.3 Å². The number of methoxy groups -OCH3 is 2. The Labute approximate surface area is 151 Å². The minimum absolute atomic E-state index is 0.393. The molecule has 4 nitrogen and oxygen atoms in total. The second kappa shape index (κ2) is 8.08. The molecule has 0 bridgehead atoms. The average molecular weight is 360 g/mol. The summed E-state index contributed by atoms with van der Waals surface area (Å²) < 4.78 is 9.34. The molecule has 6 heteroatoms. The van der Waals surface area contributed by atoms with E-state index in [1.54, 1.807) is 48.5 Å². The van der Waals surface area contributed by atoms with Gasteiger partial charge in [-0.1, -0.05) is 24.3 Å². The molecule has 2 aromatic carbocycles. The molecule has 0 atom stereocenters. The Bertz CT molecular complexity index is 710. The quantitative estimate of drug-likeness (QED) is 0.493. The molecule has 0 aliphatic carbocycles. The fourth-order valence-corrected chi connectivity index (χ4v) is 2.59. The smallest absolute Gasteiger partial charge is 0.337 e. The number of carbonyl (C=O) groups excluding carboxylic acids is 2. The van der Waals surface area contributed by atoms with Gasteiger partial charge in [-0.2, -0.15) is 0 Å². The van der Waals surface area contributed by atoms with E-state index >= 15 is 0 Å². The van der Waals surface area contributed by atoms with Gasteiger partial charge in [0.1, 0.15) is 0 Å². The van der Waals surface area contributed by atoms with Crippen LogP contribution in [0, 0.1) is 0 Å². The van der Waals surface area contributed by atoms with Crippen molar-refractivity contribution in [1.82, 2.24) is 0 Å². The molecule has 0 aliphatic rings. The van der Waals surface area contributed by atoms with E-state index in [0.717, 1.165) is 11.1 Å². The molecular weight excluding hydrogens is 344 g/mol. The average Bonchev–Trinajstić information content (AvgIpc) is 2.65. The van der Waals surface area contributed by atoms with Crippen molar-refractivity contribution in [2.24, 2.45) is 0 Å². The first kappa shape index (κ1) is 18.2. The SMILES string of the molecule is COC(=O)c1ccc(/C(S)=C(/S)c2ccc(C(=O)OC)cc2)cc1. The lowest BCUT2D eigenvalue weighted by Crippen LogP contribution is -2.01. The summed E-state index contributed by atoms with van der Waals surface area (Å²) in [4.78, 5) is 24.2. The van der Waals surface area contributed by atoms with Crippen LogP contribution in [0.1, 0.15) is 31.8 Å². The molecule has 0 unspecified atom stereocenters. The Morgan fingerprint density at radius 1 is 0.625 bits per heavy atom. The lowest BCUT2D eigenvalue weighted by Gasteiger charge is -2.08. The van der Waals surface area contributed by atoms with E-state index in [1.807, 2.05) is 0 Å². The van der Waals surface area contributed by atoms with Gasteiger partial charge in [0, 0.05) is 9.81 Å². The van der Waals surface area contributed by atoms with Gasteiger partial charge in [-0.15, -0.1) is 25.3 Å². The Kier molecular flexibility index (Phi) is 6.11. The predicted molar refractivity (Wildman–Crippen MR) is 100 cm³/mol. The van der Waals surface area contributed by atoms with Crippen LogP contribution in [-0.4, -0.2) is 26.2 Å². The Morgan fingerprint density at radius 3 is 1.12 bits per heavy atom. The molecule has 2 rings (SSSR count). The minimum Gasteiger partial charge on any atom is -0.465 e. The van der Waals surface area contributed by atoms with Crippen molar-refractivity contribution >= 4 is 47.0 Å². The Balaban J connectivity index is 2.29. The molecule has 0 saturated heterocycles. The van der Waals surface area contributed by atoms with Gasteiger partial charge >= 0.3 is 11.9 Å². The zero-order valence-electron chi connectivity index (χ0n) is 13.1. The molecule has 0 amide bonds. The summed E-state index contributed by atoms with van der Waals surface area (Å²) in [6.07, 6.45) is 0. The zero-order valence-corrected chi connectivity index (χ0v) is 14.9. The van der Waals surface area contributed by atoms with E-state index in [-0.39, 0.29) is 0 Å². The van der Waals surface area contributed by atoms with Crippen molar-refractivity contribution in [3.05, 3.63) is 70.8 Å². The third-order valence-electron chi connectivity index (χ3n) is 3.38. The third-order valence-corrected chi connectivity index (χ3v) is 4.52. The highest BCUT2D eigenvalue weighted by molar-refractivity contribution is 7.96. The van der Waals surface area contributed by atoms with Gasteiger partial charge in [-0.25, -0.2) is 9.59 Å². The number of esters is 2. The first-order valence-electron chi connectivity index (χ1n) is 6.97. The maximum absolute atomic E-state index is 11.5. The summed E-state index contributed by atoms with van der Waals surface area (Å²) in [6.45, 7) is 0. The molecule has 0 radical (unpaired) electrons. The maximum Gasteiger partial charge on any atom is 0.337 e. The van der Waals surface area contributed by atoms with E-state index in [0.29, 0.717) is 20.9 Å². The van der Waals surface area contributed by atoms with Gasteiger partial charge in [0.25, 0.3) is 0 Å². The van der Waals surface area contributed by atoms with Crippen LogP contribution in [0.2, 0.25) is 0 Å². The summed E-state index contributed by atoms with van der Waals surface area (Å²) in [5, 5.41) is 0. The number of hydrogen-bond acceptors (Lipinski definition) is 6. The molecule has 0 aliphatic heterocycles. The van der Waals surface area contributed by atoms with Gasteiger partial charge < -0.3 is 9.47 Å². The second-order valence-corrected chi connectivity index (χ2v) is 5.73. The van der Waals surface area contributed by atoms with Crippen LogP contribution in [0.25, 0.3) is 9.81 Å². The van der Waals surface area contributed by atoms with Crippen LogP contribution in [0.5, 0.6) is 0 Å². The van der Waals surface area contributed by atoms with E-state index in [9.17, 15) is 9.59 Å². The van der Waals surface area contributed by atoms with Crippen molar-refractivity contribution in [3.63, 3.8) is 0 Å². The molecule has 124 valence electrons. The largest absolute Gasteiger partial charge is 0.465 e. The van der Waals surface area contributed by atoms with Crippen molar-refractivity contribution in [3.8, 4) is 0 Å². The standard InChI is InChI=1S/C18H16O4S2/c1-21-17(19)13-7-3-11(4-8-13)15(23)16(24)12-5-9-14(10-6-12)18(20)22-2/h3-10,23-24H,1-2H3/b16-15-. The molecule has 24 heavy (non-hydrogen) atoms. The Hall–Kier alpha value is -2.18. The number of hydrogen-bond donors (Lipinski definition) is 2. The van der Waals surface area contributed by atoms with Crippen LogP contribution in [0.15, 0.2) is 48.5 Å². The van der Waals surface area contributed by atoms with E-state index in [4.69, 9.17) is 0 Å². The lowest BCUT2D eigenvalue weighted by atomic mass is 10.1. The fraction of sp³-hybridized carbons (Fsp3) is 0.111. The molecule has 2 aromatic rings. The van der Waals surface area contributed by atoms with E-state index < -0.39 is 11.9 Å². The minimum atomic E-state index is -0.393. The van der Waals surface area contributed by atoms with Gasteiger partial charge in [0.2, 0.25) is 0 Å². The fourth-order valence-electron chi connectivity index (χ4n) is 2.04. The maximum atomic E-state index is 11.5. The highest BCUT2D eigenvalue weighted by Crippen LogP contribution is 2.32. The van der Waals surface area contributed by atoms with Gasteiger partial charge in [-0.05, 0) is 35.4 Å². The predicted octanol–water partition coefficient (Wildman–Crippen LogP) is 3.95. The Morgan fingerprint density at radius 2 is 0.875 bits per heavy atom. The van der Waals surface area contributed by atoms with E-state index in [1.165, 1.54) is 14.2 Å². The second-order valence-electron chi connectivity index (χ2n) is 4.84. The van der Waals surface area contributed by atoms with Crippen molar-refractivity contribution < 1.29 is 19.1 Å². The summed E-state index contributed by atoms with van der Waals surface area (Å²) in [5.41, 5.74) is 2.55. The van der Waals surface area contributed by atoms with Crippen LogP contribution in [0.4, 0.5) is 0 Å². The number of rotatable bonds is 4. The molecule has 0 fully saturated rings.